The molecule has 2 aliphatic heterocycles. The standard InChI is InChI=1S/C28H40N2O5/c1-27(2,3)35-26(32)30-18-8-17-28(16-7-11-25(31)29-28)24(30)20-34-23-14-12-22(13-15-23)33-19-21-9-5-4-6-10-21/h4-7,9-11,22-24H,8,12-20H2,1-3H3,(H,29,31). The highest BCUT2D eigenvalue weighted by Crippen LogP contribution is 2.35. The summed E-state index contributed by atoms with van der Waals surface area (Å²) in [6.45, 7) is 7.25. The van der Waals surface area contributed by atoms with Gasteiger partial charge < -0.3 is 24.4 Å². The Morgan fingerprint density at radius 1 is 1.09 bits per heavy atom. The average Bonchev–Trinajstić information content (AvgIpc) is 2.82. The number of carbonyl (C=O) groups is 2. The maximum atomic E-state index is 13.1. The minimum atomic E-state index is -0.582. The maximum Gasteiger partial charge on any atom is 0.410 e. The molecule has 7 nitrogen and oxygen atoms in total. The second-order valence-corrected chi connectivity index (χ2v) is 11.1. The van der Waals surface area contributed by atoms with Gasteiger partial charge in [-0.2, -0.15) is 0 Å². The Morgan fingerprint density at radius 3 is 2.43 bits per heavy atom. The number of piperidine rings is 1. The summed E-state index contributed by atoms with van der Waals surface area (Å²) in [7, 11) is 0. The molecule has 1 spiro atoms. The molecule has 1 saturated heterocycles. The first-order valence-electron chi connectivity index (χ1n) is 13.0. The molecule has 1 aliphatic carbocycles. The molecule has 7 heteroatoms. The Labute approximate surface area is 209 Å². The Morgan fingerprint density at radius 2 is 1.77 bits per heavy atom. The Hall–Kier alpha value is -2.38. The predicted octanol–water partition coefficient (Wildman–Crippen LogP) is 4.75. The van der Waals surface area contributed by atoms with Gasteiger partial charge >= 0.3 is 6.09 Å². The Balaban J connectivity index is 1.35. The summed E-state index contributed by atoms with van der Waals surface area (Å²) in [4.78, 5) is 27.2. The van der Waals surface area contributed by atoms with E-state index in [4.69, 9.17) is 14.2 Å². The minimum absolute atomic E-state index is 0.108. The molecule has 0 bridgehead atoms. The van der Waals surface area contributed by atoms with Crippen molar-refractivity contribution in [1.82, 2.24) is 10.2 Å². The van der Waals surface area contributed by atoms with Gasteiger partial charge in [0.2, 0.25) is 5.91 Å². The number of likely N-dealkylation sites (tertiary alicyclic amines) is 1. The third-order valence-corrected chi connectivity index (χ3v) is 7.23. The fourth-order valence-electron chi connectivity index (χ4n) is 5.45. The van der Waals surface area contributed by atoms with E-state index in [9.17, 15) is 9.59 Å². The van der Waals surface area contributed by atoms with E-state index >= 15 is 0 Å². The minimum Gasteiger partial charge on any atom is -0.444 e. The van der Waals surface area contributed by atoms with Gasteiger partial charge in [-0.3, -0.25) is 4.79 Å². The van der Waals surface area contributed by atoms with Gasteiger partial charge in [0.25, 0.3) is 0 Å². The van der Waals surface area contributed by atoms with Crippen LogP contribution in [-0.2, 0) is 25.6 Å². The van der Waals surface area contributed by atoms with Gasteiger partial charge in [0.05, 0.1) is 37.0 Å². The van der Waals surface area contributed by atoms with E-state index in [-0.39, 0.29) is 30.3 Å². The van der Waals surface area contributed by atoms with Crippen molar-refractivity contribution >= 4 is 12.0 Å². The first-order chi connectivity index (χ1) is 16.7. The second-order valence-electron chi connectivity index (χ2n) is 11.1. The van der Waals surface area contributed by atoms with Crippen LogP contribution in [0, 0.1) is 0 Å². The lowest BCUT2D eigenvalue weighted by molar-refractivity contribution is -0.123. The van der Waals surface area contributed by atoms with Crippen LogP contribution in [0.1, 0.15) is 71.3 Å². The fraction of sp³-hybridized carbons (Fsp3) is 0.643. The molecular formula is C28H40N2O5. The van der Waals surface area contributed by atoms with Crippen LogP contribution in [0.5, 0.6) is 0 Å². The molecule has 2 fully saturated rings. The summed E-state index contributed by atoms with van der Waals surface area (Å²) in [5.74, 6) is -0.108. The van der Waals surface area contributed by atoms with Gasteiger partial charge in [-0.1, -0.05) is 36.4 Å². The normalized spacial score (nSPS) is 29.2. The van der Waals surface area contributed by atoms with Gasteiger partial charge in [0.1, 0.15) is 5.60 Å². The van der Waals surface area contributed by atoms with Crippen molar-refractivity contribution in [2.45, 2.75) is 102 Å². The summed E-state index contributed by atoms with van der Waals surface area (Å²) in [5, 5.41) is 3.18. The van der Waals surface area contributed by atoms with Crippen molar-refractivity contribution in [3.05, 3.63) is 48.0 Å². The topological polar surface area (TPSA) is 77.1 Å². The van der Waals surface area contributed by atoms with Gasteiger partial charge in [0, 0.05) is 6.54 Å². The van der Waals surface area contributed by atoms with Crippen LogP contribution in [0.25, 0.3) is 0 Å². The number of hydrogen-bond acceptors (Lipinski definition) is 5. The van der Waals surface area contributed by atoms with Crippen LogP contribution in [0.3, 0.4) is 0 Å². The first kappa shape index (κ1) is 25.7. The smallest absolute Gasteiger partial charge is 0.410 e. The summed E-state index contributed by atoms with van der Waals surface area (Å²) < 4.78 is 18.3. The van der Waals surface area contributed by atoms with E-state index in [1.807, 2.05) is 45.0 Å². The highest BCUT2D eigenvalue weighted by molar-refractivity contribution is 5.89. The van der Waals surface area contributed by atoms with Crippen LogP contribution < -0.4 is 5.32 Å². The molecule has 0 aromatic heterocycles. The third kappa shape index (κ3) is 6.85. The molecule has 0 radical (unpaired) electrons. The van der Waals surface area contributed by atoms with Crippen molar-refractivity contribution < 1.29 is 23.8 Å². The lowest BCUT2D eigenvalue weighted by Gasteiger charge is -2.51. The van der Waals surface area contributed by atoms with E-state index in [2.05, 4.69) is 17.4 Å². The Kier molecular flexibility index (Phi) is 8.17. The summed E-state index contributed by atoms with van der Waals surface area (Å²) in [5.41, 5.74) is 0.0945. The Bertz CT molecular complexity index is 888. The van der Waals surface area contributed by atoms with Crippen molar-refractivity contribution in [3.8, 4) is 0 Å². The number of amides is 2. The predicted molar refractivity (Wildman–Crippen MR) is 134 cm³/mol. The van der Waals surface area contributed by atoms with E-state index in [1.54, 1.807) is 11.0 Å². The number of nitrogens with one attached hydrogen (secondary N) is 1. The zero-order valence-corrected chi connectivity index (χ0v) is 21.3. The molecule has 1 aromatic carbocycles. The molecule has 4 rings (SSSR count). The van der Waals surface area contributed by atoms with Gasteiger partial charge in [-0.25, -0.2) is 4.79 Å². The van der Waals surface area contributed by atoms with Crippen molar-refractivity contribution in [3.63, 3.8) is 0 Å². The third-order valence-electron chi connectivity index (χ3n) is 7.23. The molecule has 1 saturated carbocycles. The molecule has 2 atom stereocenters. The highest BCUT2D eigenvalue weighted by Gasteiger charge is 2.48. The van der Waals surface area contributed by atoms with Crippen molar-refractivity contribution in [1.29, 1.82) is 0 Å². The molecule has 2 heterocycles. The SMILES string of the molecule is CC(C)(C)OC(=O)N1CCCC2(CC=CC(=O)N2)C1COC1CCC(OCc2ccccc2)CC1. The zero-order valence-electron chi connectivity index (χ0n) is 21.3. The molecular weight excluding hydrogens is 444 g/mol. The molecule has 3 aliphatic rings. The molecule has 1 N–H and O–H groups in total. The number of rotatable bonds is 6. The number of hydrogen-bond donors (Lipinski definition) is 1. The fourth-order valence-corrected chi connectivity index (χ4v) is 5.45. The zero-order chi connectivity index (χ0) is 24.9. The van der Waals surface area contributed by atoms with Gasteiger partial charge in [-0.05, 0) is 77.4 Å². The maximum absolute atomic E-state index is 13.1. The second kappa shape index (κ2) is 11.1. The molecule has 192 valence electrons. The number of carbonyl (C=O) groups excluding carboxylic acids is 2. The van der Waals surface area contributed by atoms with E-state index in [1.165, 1.54) is 5.56 Å². The van der Waals surface area contributed by atoms with Crippen LogP contribution in [0.4, 0.5) is 4.79 Å². The van der Waals surface area contributed by atoms with Gasteiger partial charge in [0.15, 0.2) is 0 Å². The number of nitrogens with zero attached hydrogens (tertiary/aromatic N) is 1. The average molecular weight is 485 g/mol. The monoisotopic (exact) mass is 484 g/mol. The largest absolute Gasteiger partial charge is 0.444 e. The summed E-state index contributed by atoms with van der Waals surface area (Å²) >= 11 is 0. The lowest BCUT2D eigenvalue weighted by Crippen LogP contribution is -2.68. The lowest BCUT2D eigenvalue weighted by atomic mass is 9.77. The highest BCUT2D eigenvalue weighted by atomic mass is 16.6. The summed E-state index contributed by atoms with van der Waals surface area (Å²) in [6, 6.07) is 9.99. The van der Waals surface area contributed by atoms with E-state index < -0.39 is 11.1 Å². The summed E-state index contributed by atoms with van der Waals surface area (Å²) in [6.07, 6.45) is 9.62. The van der Waals surface area contributed by atoms with E-state index in [0.717, 1.165) is 38.5 Å². The van der Waals surface area contributed by atoms with E-state index in [0.29, 0.717) is 26.2 Å². The number of benzene rings is 1. The van der Waals surface area contributed by atoms with Crippen molar-refractivity contribution in [2.75, 3.05) is 13.2 Å². The van der Waals surface area contributed by atoms with Gasteiger partial charge in [-0.15, -0.1) is 0 Å². The molecule has 35 heavy (non-hydrogen) atoms. The quantitative estimate of drug-likeness (QED) is 0.631. The van der Waals surface area contributed by atoms with Crippen LogP contribution in [-0.4, -0.2) is 59.4 Å². The van der Waals surface area contributed by atoms with Crippen LogP contribution in [0.2, 0.25) is 0 Å². The van der Waals surface area contributed by atoms with Crippen molar-refractivity contribution in [2.24, 2.45) is 0 Å². The number of ether oxygens (including phenoxy) is 3. The molecule has 2 unspecified atom stereocenters. The molecule has 2 amide bonds. The molecule has 1 aromatic rings. The first-order valence-corrected chi connectivity index (χ1v) is 13.0. The van der Waals surface area contributed by atoms with Crippen LogP contribution in [0.15, 0.2) is 42.5 Å². The van der Waals surface area contributed by atoms with Crippen LogP contribution >= 0.6 is 0 Å².